The van der Waals surface area contributed by atoms with E-state index in [-0.39, 0.29) is 24.9 Å². The molecule has 1 aliphatic rings. The van der Waals surface area contributed by atoms with Gasteiger partial charge in [-0.2, -0.15) is 0 Å². The molecule has 0 spiro atoms. The number of ether oxygens (including phenoxy) is 2. The zero-order valence-electron chi connectivity index (χ0n) is 14.0. The molecule has 1 saturated heterocycles. The summed E-state index contributed by atoms with van der Waals surface area (Å²) >= 11 is 0. The van der Waals surface area contributed by atoms with Gasteiger partial charge in [-0.25, -0.2) is 4.98 Å². The Morgan fingerprint density at radius 1 is 1.29 bits per heavy atom. The van der Waals surface area contributed by atoms with Crippen molar-refractivity contribution in [3.05, 3.63) is 30.0 Å². The quantitative estimate of drug-likeness (QED) is 0.839. The summed E-state index contributed by atoms with van der Waals surface area (Å²) in [4.78, 5) is 8.90. The molecule has 130 valence electrons. The van der Waals surface area contributed by atoms with E-state index in [1.807, 2.05) is 24.4 Å². The molecule has 0 radical (unpaired) electrons. The van der Waals surface area contributed by atoms with E-state index in [0.29, 0.717) is 12.3 Å². The molecule has 1 fully saturated rings. The molecule has 2 aromatic rings. The summed E-state index contributed by atoms with van der Waals surface area (Å²) in [6.07, 6.45) is 6.24. The van der Waals surface area contributed by atoms with Crippen LogP contribution in [-0.2, 0) is 11.2 Å². The summed E-state index contributed by atoms with van der Waals surface area (Å²) < 4.78 is 11.3. The van der Waals surface area contributed by atoms with Crippen LogP contribution in [0.15, 0.2) is 24.4 Å². The molecule has 6 nitrogen and oxygen atoms in total. The molecule has 0 saturated carbocycles. The van der Waals surface area contributed by atoms with Crippen molar-refractivity contribution >= 4 is 11.0 Å². The predicted octanol–water partition coefficient (Wildman–Crippen LogP) is 1.83. The monoisotopic (exact) mass is 331 g/mol. The predicted molar refractivity (Wildman–Crippen MR) is 92.0 cm³/mol. The molecule has 3 N–H and O–H groups in total. The Kier molecular flexibility index (Phi) is 5.60. The Morgan fingerprint density at radius 3 is 2.96 bits per heavy atom. The fourth-order valence-corrected chi connectivity index (χ4v) is 3.29. The van der Waals surface area contributed by atoms with E-state index in [0.717, 1.165) is 42.3 Å². The first kappa shape index (κ1) is 17.1. The van der Waals surface area contributed by atoms with Crippen molar-refractivity contribution in [1.29, 1.82) is 0 Å². The Labute approximate surface area is 142 Å². The summed E-state index contributed by atoms with van der Waals surface area (Å²) in [6.45, 7) is 0.115. The zero-order chi connectivity index (χ0) is 16.9. The number of hydrogen-bond donors (Lipinski definition) is 2. The molecular weight excluding hydrogens is 306 g/mol. The maximum absolute atomic E-state index is 9.14. The molecule has 6 heteroatoms. The average Bonchev–Trinajstić information content (AvgIpc) is 2.62. The van der Waals surface area contributed by atoms with Crippen molar-refractivity contribution < 1.29 is 14.6 Å². The maximum atomic E-state index is 9.14. The highest BCUT2D eigenvalue weighted by Crippen LogP contribution is 2.25. The molecule has 3 rings (SSSR count). The van der Waals surface area contributed by atoms with Gasteiger partial charge < -0.3 is 20.3 Å². The number of nitrogens with zero attached hydrogens (tertiary/aromatic N) is 2. The van der Waals surface area contributed by atoms with Crippen molar-refractivity contribution in [2.24, 2.45) is 5.73 Å². The molecule has 3 heterocycles. The topological polar surface area (TPSA) is 90.5 Å². The fourth-order valence-electron chi connectivity index (χ4n) is 3.29. The van der Waals surface area contributed by atoms with Crippen LogP contribution >= 0.6 is 0 Å². The van der Waals surface area contributed by atoms with Crippen LogP contribution in [0.4, 0.5) is 0 Å². The lowest BCUT2D eigenvalue weighted by atomic mass is 9.94. The molecule has 0 aliphatic carbocycles. The highest BCUT2D eigenvalue weighted by molar-refractivity contribution is 5.78. The van der Waals surface area contributed by atoms with Gasteiger partial charge in [-0.15, -0.1) is 0 Å². The Hall–Kier alpha value is -1.76. The van der Waals surface area contributed by atoms with Crippen molar-refractivity contribution in [1.82, 2.24) is 9.97 Å². The number of aliphatic hydroxyl groups excluding tert-OH is 1. The highest BCUT2D eigenvalue weighted by atomic mass is 16.5. The van der Waals surface area contributed by atoms with Gasteiger partial charge in [0.05, 0.1) is 30.4 Å². The molecule has 0 amide bonds. The number of fused-ring (bicyclic) bond motifs is 1. The number of aromatic nitrogens is 2. The minimum Gasteiger partial charge on any atom is -0.481 e. The normalized spacial score (nSPS) is 24.2. The number of nitrogens with two attached hydrogens (primary N) is 1. The van der Waals surface area contributed by atoms with Crippen LogP contribution in [-0.4, -0.2) is 47.0 Å². The van der Waals surface area contributed by atoms with Gasteiger partial charge in [0, 0.05) is 24.9 Å². The van der Waals surface area contributed by atoms with Gasteiger partial charge in [0.15, 0.2) is 0 Å². The number of methoxy groups -OCH3 is 1. The first-order valence-electron chi connectivity index (χ1n) is 8.51. The third-order valence-corrected chi connectivity index (χ3v) is 4.67. The number of aryl methyl sites for hydroxylation is 1. The van der Waals surface area contributed by atoms with Gasteiger partial charge in [0.2, 0.25) is 5.88 Å². The average molecular weight is 331 g/mol. The molecule has 0 bridgehead atoms. The first-order valence-corrected chi connectivity index (χ1v) is 8.51. The second kappa shape index (κ2) is 7.88. The molecular formula is C18H25N3O3. The van der Waals surface area contributed by atoms with E-state index >= 15 is 0 Å². The number of hydrogen-bond acceptors (Lipinski definition) is 6. The largest absolute Gasteiger partial charge is 0.481 e. The lowest BCUT2D eigenvalue weighted by Gasteiger charge is -2.34. The molecule has 24 heavy (non-hydrogen) atoms. The molecule has 0 aromatic carbocycles. The van der Waals surface area contributed by atoms with Crippen molar-refractivity contribution in [3.63, 3.8) is 0 Å². The lowest BCUT2D eigenvalue weighted by molar-refractivity contribution is -0.0717. The smallest absolute Gasteiger partial charge is 0.213 e. The summed E-state index contributed by atoms with van der Waals surface area (Å²) in [5, 5.41) is 9.14. The van der Waals surface area contributed by atoms with Gasteiger partial charge >= 0.3 is 0 Å². The van der Waals surface area contributed by atoms with Crippen LogP contribution in [0.5, 0.6) is 5.88 Å². The van der Waals surface area contributed by atoms with E-state index in [1.54, 1.807) is 7.11 Å². The third kappa shape index (κ3) is 3.83. The van der Waals surface area contributed by atoms with Crippen LogP contribution in [0.2, 0.25) is 0 Å². The van der Waals surface area contributed by atoms with Gasteiger partial charge in [-0.05, 0) is 49.8 Å². The second-order valence-electron chi connectivity index (χ2n) is 6.28. The minimum atomic E-state index is -0.0406. The van der Waals surface area contributed by atoms with Crippen LogP contribution in [0.25, 0.3) is 11.0 Å². The summed E-state index contributed by atoms with van der Waals surface area (Å²) in [5.74, 6) is 0.597. The Morgan fingerprint density at radius 2 is 2.17 bits per heavy atom. The summed E-state index contributed by atoms with van der Waals surface area (Å²) in [5.41, 5.74) is 8.98. The van der Waals surface area contributed by atoms with Crippen molar-refractivity contribution in [3.8, 4) is 5.88 Å². The molecule has 3 atom stereocenters. The number of pyridine rings is 2. The van der Waals surface area contributed by atoms with Crippen LogP contribution < -0.4 is 10.5 Å². The van der Waals surface area contributed by atoms with E-state index < -0.39 is 0 Å². The summed E-state index contributed by atoms with van der Waals surface area (Å²) in [7, 11) is 1.62. The van der Waals surface area contributed by atoms with E-state index in [4.69, 9.17) is 20.3 Å². The van der Waals surface area contributed by atoms with Crippen LogP contribution in [0.3, 0.4) is 0 Å². The van der Waals surface area contributed by atoms with E-state index in [1.165, 1.54) is 0 Å². The zero-order valence-corrected chi connectivity index (χ0v) is 14.0. The lowest BCUT2D eigenvalue weighted by Crippen LogP contribution is -2.44. The molecule has 1 aliphatic heterocycles. The van der Waals surface area contributed by atoms with Gasteiger partial charge in [0.25, 0.3) is 0 Å². The number of rotatable bonds is 6. The van der Waals surface area contributed by atoms with Gasteiger partial charge in [-0.1, -0.05) is 0 Å². The Bertz CT molecular complexity index is 680. The third-order valence-electron chi connectivity index (χ3n) is 4.67. The first-order chi connectivity index (χ1) is 11.7. The summed E-state index contributed by atoms with van der Waals surface area (Å²) in [6, 6.07) is 5.79. The van der Waals surface area contributed by atoms with Crippen molar-refractivity contribution in [2.75, 3.05) is 13.7 Å². The standard InChI is InChI=1S/C18H25N3O3/c1-23-17-7-6-15-18(21-17)12(8-10-20-15)2-3-13-4-5-14(19)16(24-13)9-11-22/h6-8,10,13-14,16,22H,2-5,9,11,19H2,1H3. The van der Waals surface area contributed by atoms with Gasteiger partial charge in [-0.3, -0.25) is 4.98 Å². The van der Waals surface area contributed by atoms with Crippen LogP contribution in [0, 0.1) is 0 Å². The minimum absolute atomic E-state index is 0.0288. The second-order valence-corrected chi connectivity index (χ2v) is 6.28. The van der Waals surface area contributed by atoms with E-state index in [9.17, 15) is 0 Å². The van der Waals surface area contributed by atoms with Crippen molar-refractivity contribution in [2.45, 2.75) is 50.4 Å². The fraction of sp³-hybridized carbons (Fsp3) is 0.556. The van der Waals surface area contributed by atoms with E-state index in [2.05, 4.69) is 9.97 Å². The SMILES string of the molecule is COc1ccc2nccc(CCC3CCC(N)C(CCO)O3)c2n1. The number of aliphatic hydroxyl groups is 1. The molecule has 2 aromatic heterocycles. The maximum Gasteiger partial charge on any atom is 0.213 e. The Balaban J connectivity index is 1.69. The molecule has 3 unspecified atom stereocenters. The highest BCUT2D eigenvalue weighted by Gasteiger charge is 2.28. The van der Waals surface area contributed by atoms with Crippen LogP contribution in [0.1, 0.15) is 31.2 Å². The van der Waals surface area contributed by atoms with Gasteiger partial charge in [0.1, 0.15) is 0 Å².